The molecule has 3 rings (SSSR count). The van der Waals surface area contributed by atoms with E-state index in [0.717, 1.165) is 63.9 Å². The predicted octanol–water partition coefficient (Wildman–Crippen LogP) is 2.36. The summed E-state index contributed by atoms with van der Waals surface area (Å²) < 4.78 is 18.4. The lowest BCUT2D eigenvalue weighted by molar-refractivity contribution is 0.0195. The number of guanidine groups is 1. The summed E-state index contributed by atoms with van der Waals surface area (Å²) in [6.07, 6.45) is 2.01. The first kappa shape index (κ1) is 21.4. The van der Waals surface area contributed by atoms with Crippen LogP contribution in [0.4, 0.5) is 4.39 Å². The first-order valence-corrected chi connectivity index (χ1v) is 9.35. The van der Waals surface area contributed by atoms with Crippen molar-refractivity contribution in [1.82, 2.24) is 15.1 Å². The maximum Gasteiger partial charge on any atom is 0.193 e. The molecule has 5 nitrogen and oxygen atoms in total. The highest BCUT2D eigenvalue weighted by atomic mass is 127. The van der Waals surface area contributed by atoms with Gasteiger partial charge in [0, 0.05) is 45.3 Å². The number of morpholine rings is 1. The second-order valence-electron chi connectivity index (χ2n) is 6.65. The van der Waals surface area contributed by atoms with Gasteiger partial charge in [0.05, 0.1) is 13.2 Å². The van der Waals surface area contributed by atoms with Gasteiger partial charge in [0.2, 0.25) is 0 Å². The molecule has 2 heterocycles. The van der Waals surface area contributed by atoms with Gasteiger partial charge in [0.15, 0.2) is 5.96 Å². The Kier molecular flexibility index (Phi) is 9.07. The van der Waals surface area contributed by atoms with Gasteiger partial charge in [-0.25, -0.2) is 4.39 Å². The summed E-state index contributed by atoms with van der Waals surface area (Å²) in [5, 5.41) is 3.42. The van der Waals surface area contributed by atoms with Gasteiger partial charge in [-0.1, -0.05) is 12.1 Å². The fourth-order valence-corrected chi connectivity index (χ4v) is 3.54. The molecule has 2 aliphatic rings. The summed E-state index contributed by atoms with van der Waals surface area (Å²) in [5.41, 5.74) is 1.12. The SMILES string of the molecule is CCNC(=NCCc1ccc(F)cc1)N1CCC(N2CCOCC2)C1.I. The molecule has 0 radical (unpaired) electrons. The van der Waals surface area contributed by atoms with Crippen LogP contribution < -0.4 is 5.32 Å². The molecule has 0 bridgehead atoms. The topological polar surface area (TPSA) is 40.1 Å². The molecule has 0 amide bonds. The van der Waals surface area contributed by atoms with Gasteiger partial charge in [0.25, 0.3) is 0 Å². The molecule has 2 fully saturated rings. The number of aliphatic imine (C=N–C) groups is 1. The van der Waals surface area contributed by atoms with Crippen LogP contribution in [-0.2, 0) is 11.2 Å². The van der Waals surface area contributed by atoms with E-state index < -0.39 is 0 Å². The summed E-state index contributed by atoms with van der Waals surface area (Å²) in [6, 6.07) is 7.30. The number of ether oxygens (including phenoxy) is 1. The van der Waals surface area contributed by atoms with Crippen molar-refractivity contribution in [3.8, 4) is 0 Å². The summed E-state index contributed by atoms with van der Waals surface area (Å²) in [7, 11) is 0. The Morgan fingerprint density at radius 3 is 2.65 bits per heavy atom. The summed E-state index contributed by atoms with van der Waals surface area (Å²) >= 11 is 0. The number of likely N-dealkylation sites (tertiary alicyclic amines) is 1. The van der Waals surface area contributed by atoms with Crippen molar-refractivity contribution in [2.45, 2.75) is 25.8 Å². The van der Waals surface area contributed by atoms with Crippen LogP contribution in [0, 0.1) is 5.82 Å². The number of rotatable bonds is 5. The van der Waals surface area contributed by atoms with Crippen molar-refractivity contribution in [3.63, 3.8) is 0 Å². The van der Waals surface area contributed by atoms with Crippen molar-refractivity contribution >= 4 is 29.9 Å². The molecule has 1 aromatic rings. The molecule has 1 unspecified atom stereocenters. The summed E-state index contributed by atoms with van der Waals surface area (Å²) in [6.45, 7) is 9.54. The van der Waals surface area contributed by atoms with E-state index in [0.29, 0.717) is 12.6 Å². The lowest BCUT2D eigenvalue weighted by Gasteiger charge is -2.32. The number of hydrogen-bond donors (Lipinski definition) is 1. The lowest BCUT2D eigenvalue weighted by atomic mass is 10.1. The number of nitrogens with one attached hydrogen (secondary N) is 1. The molecule has 1 N–H and O–H groups in total. The molecular weight excluding hydrogens is 446 g/mol. The molecule has 26 heavy (non-hydrogen) atoms. The Hall–Kier alpha value is -0.930. The van der Waals surface area contributed by atoms with E-state index in [1.807, 2.05) is 12.1 Å². The summed E-state index contributed by atoms with van der Waals surface area (Å²) in [4.78, 5) is 9.70. The number of nitrogens with zero attached hydrogens (tertiary/aromatic N) is 3. The molecule has 146 valence electrons. The largest absolute Gasteiger partial charge is 0.379 e. The average Bonchev–Trinajstić information content (AvgIpc) is 3.13. The zero-order chi connectivity index (χ0) is 17.5. The number of benzene rings is 1. The third-order valence-electron chi connectivity index (χ3n) is 4.94. The van der Waals surface area contributed by atoms with Crippen molar-refractivity contribution in [2.75, 3.05) is 52.5 Å². The van der Waals surface area contributed by atoms with E-state index in [-0.39, 0.29) is 29.8 Å². The van der Waals surface area contributed by atoms with Crippen LogP contribution in [0.15, 0.2) is 29.3 Å². The molecule has 1 aromatic carbocycles. The van der Waals surface area contributed by atoms with Gasteiger partial charge in [-0.15, -0.1) is 24.0 Å². The molecule has 0 spiro atoms. The minimum atomic E-state index is -0.188. The van der Waals surface area contributed by atoms with Crippen LogP contribution in [0.5, 0.6) is 0 Å². The number of halogens is 2. The fraction of sp³-hybridized carbons (Fsp3) is 0.632. The highest BCUT2D eigenvalue weighted by Crippen LogP contribution is 2.17. The summed E-state index contributed by atoms with van der Waals surface area (Å²) in [5.74, 6) is 0.812. The lowest BCUT2D eigenvalue weighted by Crippen LogP contribution is -2.46. The van der Waals surface area contributed by atoms with Crippen LogP contribution in [0.25, 0.3) is 0 Å². The third-order valence-corrected chi connectivity index (χ3v) is 4.94. The van der Waals surface area contributed by atoms with Crippen LogP contribution >= 0.6 is 24.0 Å². The minimum absolute atomic E-state index is 0. The first-order valence-electron chi connectivity index (χ1n) is 9.35. The normalized spacial score (nSPS) is 21.5. The Balaban J connectivity index is 0.00000243. The van der Waals surface area contributed by atoms with Gasteiger partial charge in [-0.3, -0.25) is 9.89 Å². The molecule has 1 atom stereocenters. The number of hydrogen-bond acceptors (Lipinski definition) is 3. The Morgan fingerprint density at radius 2 is 1.96 bits per heavy atom. The van der Waals surface area contributed by atoms with Gasteiger partial charge in [0.1, 0.15) is 5.82 Å². The molecule has 7 heteroatoms. The Labute approximate surface area is 173 Å². The van der Waals surface area contributed by atoms with Crippen LogP contribution in [-0.4, -0.2) is 74.3 Å². The minimum Gasteiger partial charge on any atom is -0.379 e. The predicted molar refractivity (Wildman–Crippen MR) is 114 cm³/mol. The zero-order valence-corrected chi connectivity index (χ0v) is 17.8. The second kappa shape index (κ2) is 11.0. The Bertz CT molecular complexity index is 563. The van der Waals surface area contributed by atoms with E-state index in [4.69, 9.17) is 9.73 Å². The standard InChI is InChI=1S/C19H29FN4O.HI/c1-2-21-19(22-9-7-16-3-5-17(20)6-4-16)24-10-8-18(15-24)23-11-13-25-14-12-23;/h3-6,18H,2,7-15H2,1H3,(H,21,22);1H. The highest BCUT2D eigenvalue weighted by molar-refractivity contribution is 14.0. The smallest absolute Gasteiger partial charge is 0.193 e. The second-order valence-corrected chi connectivity index (χ2v) is 6.65. The van der Waals surface area contributed by atoms with E-state index >= 15 is 0 Å². The van der Waals surface area contributed by atoms with E-state index in [9.17, 15) is 4.39 Å². The first-order chi connectivity index (χ1) is 12.3. The maximum atomic E-state index is 13.0. The average molecular weight is 476 g/mol. The molecule has 2 aliphatic heterocycles. The fourth-order valence-electron chi connectivity index (χ4n) is 3.54. The quantitative estimate of drug-likeness (QED) is 0.403. The third kappa shape index (κ3) is 6.06. The van der Waals surface area contributed by atoms with Crippen LogP contribution in [0.1, 0.15) is 18.9 Å². The monoisotopic (exact) mass is 476 g/mol. The molecule has 0 aliphatic carbocycles. The molecule has 2 saturated heterocycles. The van der Waals surface area contributed by atoms with Gasteiger partial charge in [-0.2, -0.15) is 0 Å². The van der Waals surface area contributed by atoms with Gasteiger partial charge in [-0.05, 0) is 37.5 Å². The molecule has 0 saturated carbocycles. The van der Waals surface area contributed by atoms with E-state index in [2.05, 4.69) is 22.0 Å². The van der Waals surface area contributed by atoms with E-state index in [1.165, 1.54) is 18.6 Å². The van der Waals surface area contributed by atoms with Crippen LogP contribution in [0.3, 0.4) is 0 Å². The highest BCUT2D eigenvalue weighted by Gasteiger charge is 2.30. The van der Waals surface area contributed by atoms with Gasteiger partial charge < -0.3 is 15.0 Å². The van der Waals surface area contributed by atoms with Crippen molar-refractivity contribution in [1.29, 1.82) is 0 Å². The van der Waals surface area contributed by atoms with Crippen LogP contribution in [0.2, 0.25) is 0 Å². The van der Waals surface area contributed by atoms with E-state index in [1.54, 1.807) is 0 Å². The maximum absolute atomic E-state index is 13.0. The zero-order valence-electron chi connectivity index (χ0n) is 15.5. The van der Waals surface area contributed by atoms with Crippen molar-refractivity contribution in [3.05, 3.63) is 35.6 Å². The molecular formula is C19H30FIN4O. The van der Waals surface area contributed by atoms with Crippen molar-refractivity contribution in [2.24, 2.45) is 4.99 Å². The Morgan fingerprint density at radius 1 is 1.23 bits per heavy atom. The van der Waals surface area contributed by atoms with Crippen molar-refractivity contribution < 1.29 is 9.13 Å². The van der Waals surface area contributed by atoms with Gasteiger partial charge >= 0.3 is 0 Å². The molecule has 0 aromatic heterocycles.